The zero-order valence-corrected chi connectivity index (χ0v) is 12.2. The number of methoxy groups -OCH3 is 1. The van der Waals surface area contributed by atoms with E-state index in [1.807, 2.05) is 45.0 Å². The predicted octanol–water partition coefficient (Wildman–Crippen LogP) is 2.97. The molecule has 0 radical (unpaired) electrons. The van der Waals surface area contributed by atoms with Crippen LogP contribution in [0.15, 0.2) is 36.9 Å². The van der Waals surface area contributed by atoms with Crippen LogP contribution in [0.25, 0.3) is 0 Å². The van der Waals surface area contributed by atoms with Gasteiger partial charge in [0.1, 0.15) is 5.75 Å². The van der Waals surface area contributed by atoms with E-state index in [9.17, 15) is 4.21 Å². The van der Waals surface area contributed by atoms with E-state index < -0.39 is 11.0 Å². The lowest BCUT2D eigenvalue weighted by atomic mass is 10.1. The van der Waals surface area contributed by atoms with Crippen molar-refractivity contribution in [3.8, 4) is 5.75 Å². The second-order valence-electron chi connectivity index (χ2n) is 4.99. The molecule has 0 saturated carbocycles. The number of nitrogens with one attached hydrogen (secondary N) is 1. The normalized spacial score (nSPS) is 14.9. The Kier molecular flexibility index (Phi) is 5.11. The number of hydrogen-bond donors (Lipinski definition) is 1. The van der Waals surface area contributed by atoms with E-state index in [2.05, 4.69) is 11.3 Å². The maximum absolute atomic E-state index is 12.1. The molecule has 2 atom stereocenters. The molecular formula is C14H21NO2S. The summed E-state index contributed by atoms with van der Waals surface area (Å²) in [7, 11) is 0.504. The summed E-state index contributed by atoms with van der Waals surface area (Å²) in [4.78, 5) is 0. The summed E-state index contributed by atoms with van der Waals surface area (Å²) < 4.78 is 19.9. The third-order valence-electron chi connectivity index (χ3n) is 2.50. The maximum Gasteiger partial charge on any atom is 0.118 e. The fourth-order valence-corrected chi connectivity index (χ4v) is 2.17. The predicted molar refractivity (Wildman–Crippen MR) is 77.0 cm³/mol. The Morgan fingerprint density at radius 1 is 1.33 bits per heavy atom. The van der Waals surface area contributed by atoms with Gasteiger partial charge in [0, 0.05) is 0 Å². The largest absolute Gasteiger partial charge is 0.497 e. The Hall–Kier alpha value is -1.13. The smallest absolute Gasteiger partial charge is 0.118 e. The van der Waals surface area contributed by atoms with Gasteiger partial charge in [0.25, 0.3) is 0 Å². The van der Waals surface area contributed by atoms with Crippen LogP contribution < -0.4 is 9.46 Å². The monoisotopic (exact) mass is 267 g/mol. The molecule has 0 amide bonds. The first kappa shape index (κ1) is 14.9. The van der Waals surface area contributed by atoms with Gasteiger partial charge >= 0.3 is 0 Å². The van der Waals surface area contributed by atoms with Crippen molar-refractivity contribution in [1.29, 1.82) is 0 Å². The molecule has 3 nitrogen and oxygen atoms in total. The fraction of sp³-hybridized carbons (Fsp3) is 0.429. The van der Waals surface area contributed by atoms with E-state index in [1.165, 1.54) is 0 Å². The minimum absolute atomic E-state index is 0.129. The molecule has 0 bridgehead atoms. The van der Waals surface area contributed by atoms with Gasteiger partial charge in [-0.3, -0.25) is 0 Å². The van der Waals surface area contributed by atoms with Gasteiger partial charge in [0.2, 0.25) is 0 Å². The highest BCUT2D eigenvalue weighted by Gasteiger charge is 2.22. The molecule has 1 rings (SSSR count). The van der Waals surface area contributed by atoms with Crippen molar-refractivity contribution in [1.82, 2.24) is 4.72 Å². The zero-order chi connectivity index (χ0) is 13.8. The van der Waals surface area contributed by atoms with E-state index >= 15 is 0 Å². The van der Waals surface area contributed by atoms with Gasteiger partial charge in [-0.2, -0.15) is 0 Å². The number of ether oxygens (including phenoxy) is 1. The molecule has 0 aliphatic rings. The number of hydrogen-bond acceptors (Lipinski definition) is 2. The molecule has 1 aromatic carbocycles. The quantitative estimate of drug-likeness (QED) is 0.833. The third-order valence-corrected chi connectivity index (χ3v) is 4.08. The standard InChI is InChI=1S/C14H21NO2S/c1-6-13(15-18(16)14(2,3)4)11-7-9-12(17-5)10-8-11/h6-10,13,15H,1H2,2-5H3/t13-,18?/m0/s1. The summed E-state index contributed by atoms with van der Waals surface area (Å²) in [5.41, 5.74) is 1.02. The molecule has 0 spiro atoms. The van der Waals surface area contributed by atoms with Crippen LogP contribution in [0.5, 0.6) is 5.75 Å². The second-order valence-corrected chi connectivity index (χ2v) is 6.98. The van der Waals surface area contributed by atoms with Crippen molar-refractivity contribution in [2.75, 3.05) is 7.11 Å². The Bertz CT molecular complexity index is 420. The summed E-state index contributed by atoms with van der Waals surface area (Å²) in [6.45, 7) is 9.59. The Labute approximate surface area is 112 Å². The van der Waals surface area contributed by atoms with Gasteiger partial charge in [-0.05, 0) is 38.5 Å². The zero-order valence-electron chi connectivity index (χ0n) is 11.4. The Morgan fingerprint density at radius 3 is 2.28 bits per heavy atom. The highest BCUT2D eigenvalue weighted by Crippen LogP contribution is 2.20. The van der Waals surface area contributed by atoms with Crippen molar-refractivity contribution >= 4 is 11.0 Å². The van der Waals surface area contributed by atoms with Crippen LogP contribution in [0.1, 0.15) is 32.4 Å². The molecule has 0 aromatic heterocycles. The van der Waals surface area contributed by atoms with Crippen molar-refractivity contribution in [2.24, 2.45) is 0 Å². The van der Waals surface area contributed by atoms with Gasteiger partial charge < -0.3 is 4.74 Å². The fourth-order valence-electron chi connectivity index (χ4n) is 1.36. The second kappa shape index (κ2) is 6.16. The van der Waals surface area contributed by atoms with E-state index in [1.54, 1.807) is 13.2 Å². The van der Waals surface area contributed by atoms with E-state index in [4.69, 9.17) is 4.74 Å². The van der Waals surface area contributed by atoms with Gasteiger partial charge in [-0.25, -0.2) is 8.93 Å². The molecule has 0 heterocycles. The van der Waals surface area contributed by atoms with Crippen LogP contribution >= 0.6 is 0 Å². The molecule has 100 valence electrons. The lowest BCUT2D eigenvalue weighted by molar-refractivity contribution is 0.414. The van der Waals surface area contributed by atoms with Crippen molar-refractivity contribution < 1.29 is 8.95 Å². The molecule has 0 fully saturated rings. The van der Waals surface area contributed by atoms with Crippen LogP contribution in [0.3, 0.4) is 0 Å². The first-order valence-corrected chi connectivity index (χ1v) is 6.98. The highest BCUT2D eigenvalue weighted by molar-refractivity contribution is 7.84. The Morgan fingerprint density at radius 2 is 1.89 bits per heavy atom. The third kappa shape index (κ3) is 3.96. The van der Waals surface area contributed by atoms with Crippen LogP contribution in [0.2, 0.25) is 0 Å². The molecule has 0 aliphatic heterocycles. The molecule has 1 aromatic rings. The average Bonchev–Trinajstić information content (AvgIpc) is 2.34. The van der Waals surface area contributed by atoms with Crippen LogP contribution in [-0.4, -0.2) is 16.1 Å². The summed E-state index contributed by atoms with van der Waals surface area (Å²) in [5, 5.41) is 0. The van der Waals surface area contributed by atoms with E-state index in [0.29, 0.717) is 0 Å². The van der Waals surface area contributed by atoms with Gasteiger partial charge in [0.05, 0.1) is 28.9 Å². The average molecular weight is 267 g/mol. The topological polar surface area (TPSA) is 38.3 Å². The minimum atomic E-state index is -1.13. The molecule has 0 saturated heterocycles. The van der Waals surface area contributed by atoms with Crippen molar-refractivity contribution in [2.45, 2.75) is 31.6 Å². The Balaban J connectivity index is 2.83. The first-order valence-electron chi connectivity index (χ1n) is 5.83. The lowest BCUT2D eigenvalue weighted by Gasteiger charge is -2.22. The van der Waals surface area contributed by atoms with Crippen LogP contribution in [-0.2, 0) is 11.0 Å². The van der Waals surface area contributed by atoms with Crippen molar-refractivity contribution in [3.63, 3.8) is 0 Å². The number of benzene rings is 1. The summed E-state index contributed by atoms with van der Waals surface area (Å²) in [6, 6.07) is 7.52. The molecule has 1 unspecified atom stereocenters. The molecule has 0 aliphatic carbocycles. The maximum atomic E-state index is 12.1. The summed E-state index contributed by atoms with van der Waals surface area (Å²) in [6.07, 6.45) is 1.76. The van der Waals surface area contributed by atoms with Crippen LogP contribution in [0, 0.1) is 0 Å². The molecule has 4 heteroatoms. The first-order chi connectivity index (χ1) is 8.38. The van der Waals surface area contributed by atoms with Gasteiger partial charge in [0.15, 0.2) is 0 Å². The van der Waals surface area contributed by atoms with E-state index in [0.717, 1.165) is 11.3 Å². The highest BCUT2D eigenvalue weighted by atomic mass is 32.2. The molecule has 1 N–H and O–H groups in total. The van der Waals surface area contributed by atoms with Crippen LogP contribution in [0.4, 0.5) is 0 Å². The van der Waals surface area contributed by atoms with E-state index in [-0.39, 0.29) is 10.8 Å². The van der Waals surface area contributed by atoms with Gasteiger partial charge in [-0.1, -0.05) is 18.2 Å². The minimum Gasteiger partial charge on any atom is -0.497 e. The van der Waals surface area contributed by atoms with Crippen molar-refractivity contribution in [3.05, 3.63) is 42.5 Å². The molecular weight excluding hydrogens is 246 g/mol. The molecule has 18 heavy (non-hydrogen) atoms. The SMILES string of the molecule is C=C[C@H](NS(=O)C(C)(C)C)c1ccc(OC)cc1. The summed E-state index contributed by atoms with van der Waals surface area (Å²) >= 11 is 0. The van der Waals surface area contributed by atoms with Gasteiger partial charge in [-0.15, -0.1) is 6.58 Å². The number of rotatable bonds is 5. The summed E-state index contributed by atoms with van der Waals surface area (Å²) in [5.74, 6) is 0.804. The lowest BCUT2D eigenvalue weighted by Crippen LogP contribution is -2.35.